The van der Waals surface area contributed by atoms with Crippen molar-refractivity contribution in [3.05, 3.63) is 28.5 Å². The third-order valence-corrected chi connectivity index (χ3v) is 3.17. The average Bonchev–Trinajstić information content (AvgIpc) is 2.74. The highest BCUT2D eigenvalue weighted by atomic mass is 32.1. The zero-order valence-electron chi connectivity index (χ0n) is 8.97. The van der Waals surface area contributed by atoms with E-state index in [2.05, 4.69) is 27.2 Å². The van der Waals surface area contributed by atoms with Crippen LogP contribution in [0.2, 0.25) is 0 Å². The molecule has 0 saturated carbocycles. The number of hydrogen-bond donors (Lipinski definition) is 2. The molecule has 0 aromatic carbocycles. The van der Waals surface area contributed by atoms with E-state index in [1.807, 2.05) is 6.20 Å². The van der Waals surface area contributed by atoms with Crippen LogP contribution in [-0.2, 0) is 13.0 Å². The lowest BCUT2D eigenvalue weighted by Gasteiger charge is -2.02. The van der Waals surface area contributed by atoms with Crippen molar-refractivity contribution < 1.29 is 0 Å². The Kier molecular flexibility index (Phi) is 3.31. The summed E-state index contributed by atoms with van der Waals surface area (Å²) in [7, 11) is 0. The first-order valence-electron chi connectivity index (χ1n) is 5.03. The van der Waals surface area contributed by atoms with Crippen molar-refractivity contribution in [3.8, 4) is 0 Å². The molecule has 2 heterocycles. The SMILES string of the molecule is CCc1cnc(CNc2cncc(N)n2)s1. The number of nitrogens with one attached hydrogen (secondary N) is 1. The smallest absolute Gasteiger partial charge is 0.147 e. The summed E-state index contributed by atoms with van der Waals surface area (Å²) in [5.74, 6) is 1.09. The standard InChI is InChI=1S/C10H13N5S/c1-2-7-3-14-10(16-7)6-13-9-5-12-4-8(11)15-9/h3-5H,2,6H2,1H3,(H3,11,13,15). The first kappa shape index (κ1) is 10.8. The van der Waals surface area contributed by atoms with Gasteiger partial charge in [0.1, 0.15) is 16.6 Å². The number of nitrogens with zero attached hydrogens (tertiary/aromatic N) is 3. The lowest BCUT2D eigenvalue weighted by atomic mass is 10.4. The van der Waals surface area contributed by atoms with Crippen molar-refractivity contribution >= 4 is 23.0 Å². The number of hydrogen-bond acceptors (Lipinski definition) is 6. The predicted molar refractivity (Wildman–Crippen MR) is 65.3 cm³/mol. The minimum absolute atomic E-state index is 0.415. The van der Waals surface area contributed by atoms with Gasteiger partial charge in [-0.15, -0.1) is 11.3 Å². The number of anilines is 2. The quantitative estimate of drug-likeness (QED) is 0.843. The van der Waals surface area contributed by atoms with Crippen molar-refractivity contribution in [1.82, 2.24) is 15.0 Å². The Labute approximate surface area is 97.8 Å². The van der Waals surface area contributed by atoms with E-state index in [1.165, 1.54) is 11.1 Å². The zero-order valence-corrected chi connectivity index (χ0v) is 9.79. The highest BCUT2D eigenvalue weighted by Gasteiger charge is 2.01. The summed E-state index contributed by atoms with van der Waals surface area (Å²) in [4.78, 5) is 13.6. The molecule has 16 heavy (non-hydrogen) atoms. The monoisotopic (exact) mass is 235 g/mol. The highest BCUT2D eigenvalue weighted by Crippen LogP contribution is 2.14. The number of aryl methyl sites for hydroxylation is 1. The van der Waals surface area contributed by atoms with Gasteiger partial charge in [-0.25, -0.2) is 9.97 Å². The Morgan fingerprint density at radius 3 is 2.94 bits per heavy atom. The molecule has 3 N–H and O–H groups in total. The molecule has 0 radical (unpaired) electrons. The molecule has 84 valence electrons. The fraction of sp³-hybridized carbons (Fsp3) is 0.300. The van der Waals surface area contributed by atoms with Gasteiger partial charge in [-0.05, 0) is 6.42 Å². The van der Waals surface area contributed by atoms with E-state index in [-0.39, 0.29) is 0 Å². The van der Waals surface area contributed by atoms with Crippen LogP contribution in [0.25, 0.3) is 0 Å². The van der Waals surface area contributed by atoms with Crippen LogP contribution in [-0.4, -0.2) is 15.0 Å². The van der Waals surface area contributed by atoms with Crippen molar-refractivity contribution in [2.24, 2.45) is 0 Å². The lowest BCUT2D eigenvalue weighted by Crippen LogP contribution is -2.03. The molecule has 0 spiro atoms. The van der Waals surface area contributed by atoms with Crippen molar-refractivity contribution in [2.75, 3.05) is 11.1 Å². The predicted octanol–water partition coefficient (Wildman–Crippen LogP) is 1.69. The minimum atomic E-state index is 0.415. The number of aromatic nitrogens is 3. The van der Waals surface area contributed by atoms with Gasteiger partial charge in [-0.3, -0.25) is 4.98 Å². The van der Waals surface area contributed by atoms with Crippen LogP contribution in [0, 0.1) is 0 Å². The van der Waals surface area contributed by atoms with Gasteiger partial charge in [0.15, 0.2) is 0 Å². The Hall–Kier alpha value is -1.69. The van der Waals surface area contributed by atoms with Crippen molar-refractivity contribution in [3.63, 3.8) is 0 Å². The third kappa shape index (κ3) is 2.66. The van der Waals surface area contributed by atoms with Gasteiger partial charge in [-0.2, -0.15) is 0 Å². The first-order valence-corrected chi connectivity index (χ1v) is 5.84. The van der Waals surface area contributed by atoms with Crippen LogP contribution in [0.5, 0.6) is 0 Å². The summed E-state index contributed by atoms with van der Waals surface area (Å²) in [5.41, 5.74) is 5.53. The van der Waals surface area contributed by atoms with E-state index < -0.39 is 0 Å². The number of nitrogen functional groups attached to an aromatic ring is 1. The summed E-state index contributed by atoms with van der Waals surface area (Å²) < 4.78 is 0. The lowest BCUT2D eigenvalue weighted by molar-refractivity contribution is 1.06. The van der Waals surface area contributed by atoms with Crippen LogP contribution < -0.4 is 11.1 Å². The van der Waals surface area contributed by atoms with E-state index >= 15 is 0 Å². The van der Waals surface area contributed by atoms with Gasteiger partial charge in [0.2, 0.25) is 0 Å². The summed E-state index contributed by atoms with van der Waals surface area (Å²) in [6.07, 6.45) is 6.09. The topological polar surface area (TPSA) is 76.7 Å². The molecule has 6 heteroatoms. The second kappa shape index (κ2) is 4.89. The molecule has 0 aliphatic heterocycles. The van der Waals surface area contributed by atoms with Crippen molar-refractivity contribution in [2.45, 2.75) is 19.9 Å². The maximum atomic E-state index is 5.53. The minimum Gasteiger partial charge on any atom is -0.382 e. The molecule has 0 unspecified atom stereocenters. The van der Waals surface area contributed by atoms with E-state index in [9.17, 15) is 0 Å². The van der Waals surface area contributed by atoms with E-state index in [0.29, 0.717) is 18.2 Å². The summed E-state index contributed by atoms with van der Waals surface area (Å²) in [5, 5.41) is 4.18. The maximum absolute atomic E-state index is 5.53. The second-order valence-corrected chi connectivity index (χ2v) is 4.46. The number of thiazole rings is 1. The van der Waals surface area contributed by atoms with Gasteiger partial charge >= 0.3 is 0 Å². The Balaban J connectivity index is 1.96. The van der Waals surface area contributed by atoms with E-state index in [0.717, 1.165) is 11.4 Å². The van der Waals surface area contributed by atoms with Crippen LogP contribution in [0.4, 0.5) is 11.6 Å². The van der Waals surface area contributed by atoms with Gasteiger partial charge in [-0.1, -0.05) is 6.92 Å². The Morgan fingerprint density at radius 2 is 2.25 bits per heavy atom. The molecule has 5 nitrogen and oxygen atoms in total. The third-order valence-electron chi connectivity index (χ3n) is 2.02. The van der Waals surface area contributed by atoms with Gasteiger partial charge in [0.05, 0.1) is 18.9 Å². The molecule has 0 amide bonds. The van der Waals surface area contributed by atoms with Crippen LogP contribution in [0.3, 0.4) is 0 Å². The molecule has 0 aliphatic rings. The summed E-state index contributed by atoms with van der Waals surface area (Å²) >= 11 is 1.70. The Bertz CT molecular complexity index is 468. The molecule has 2 aromatic rings. The summed E-state index contributed by atoms with van der Waals surface area (Å²) in [6.45, 7) is 2.77. The average molecular weight is 235 g/mol. The second-order valence-electron chi connectivity index (χ2n) is 3.26. The first-order chi connectivity index (χ1) is 7.78. The van der Waals surface area contributed by atoms with Crippen LogP contribution >= 0.6 is 11.3 Å². The number of rotatable bonds is 4. The number of nitrogens with two attached hydrogens (primary N) is 1. The normalized spacial score (nSPS) is 10.3. The molecular formula is C10H13N5S. The molecule has 2 rings (SSSR count). The fourth-order valence-corrected chi connectivity index (χ4v) is 2.03. The summed E-state index contributed by atoms with van der Waals surface area (Å²) in [6, 6.07) is 0. The fourth-order valence-electron chi connectivity index (χ4n) is 1.23. The van der Waals surface area contributed by atoms with Gasteiger partial charge in [0, 0.05) is 11.1 Å². The van der Waals surface area contributed by atoms with Gasteiger partial charge in [0.25, 0.3) is 0 Å². The molecule has 2 aromatic heterocycles. The van der Waals surface area contributed by atoms with E-state index in [4.69, 9.17) is 5.73 Å². The largest absolute Gasteiger partial charge is 0.382 e. The molecule has 0 aliphatic carbocycles. The molecule has 0 saturated heterocycles. The van der Waals surface area contributed by atoms with Crippen LogP contribution in [0.15, 0.2) is 18.6 Å². The zero-order chi connectivity index (χ0) is 11.4. The molecular weight excluding hydrogens is 222 g/mol. The van der Waals surface area contributed by atoms with Crippen molar-refractivity contribution in [1.29, 1.82) is 0 Å². The maximum Gasteiger partial charge on any atom is 0.147 e. The molecule has 0 fully saturated rings. The van der Waals surface area contributed by atoms with Crippen LogP contribution in [0.1, 0.15) is 16.8 Å². The molecule has 0 atom stereocenters. The van der Waals surface area contributed by atoms with Gasteiger partial charge < -0.3 is 11.1 Å². The molecule has 0 bridgehead atoms. The Morgan fingerprint density at radius 1 is 1.38 bits per heavy atom. The highest BCUT2D eigenvalue weighted by molar-refractivity contribution is 7.11. The van der Waals surface area contributed by atoms with E-state index in [1.54, 1.807) is 17.5 Å².